The van der Waals surface area contributed by atoms with E-state index in [4.69, 9.17) is 51.7 Å². The third-order valence-corrected chi connectivity index (χ3v) is 4.13. The molecule has 2 aromatic rings. The minimum Gasteiger partial charge on any atom is -0.380 e. The van der Waals surface area contributed by atoms with Crippen molar-refractivity contribution >= 4 is 52.1 Å². The highest BCUT2D eigenvalue weighted by Gasteiger charge is 2.10. The van der Waals surface area contributed by atoms with Gasteiger partial charge in [-0.2, -0.15) is 5.26 Å². The highest BCUT2D eigenvalue weighted by atomic mass is 35.5. The monoisotopic (exact) mass is 344 g/mol. The fourth-order valence-electron chi connectivity index (χ4n) is 1.67. The maximum Gasteiger partial charge on any atom is 0.101 e. The van der Waals surface area contributed by atoms with Crippen molar-refractivity contribution in [3.8, 4) is 6.07 Å². The molecule has 0 aromatic heterocycles. The van der Waals surface area contributed by atoms with Gasteiger partial charge in [0.25, 0.3) is 0 Å². The number of halogens is 4. The SMILES string of the molecule is N#Cc1ccc(Cl)cc1NCc1c(Cl)ccc(Cl)c1Cl. The van der Waals surface area contributed by atoms with E-state index in [0.29, 0.717) is 43.4 Å². The van der Waals surface area contributed by atoms with Crippen LogP contribution in [0.1, 0.15) is 11.1 Å². The third kappa shape index (κ3) is 3.31. The van der Waals surface area contributed by atoms with Gasteiger partial charge in [-0.3, -0.25) is 0 Å². The van der Waals surface area contributed by atoms with Gasteiger partial charge in [-0.1, -0.05) is 46.4 Å². The summed E-state index contributed by atoms with van der Waals surface area (Å²) in [5, 5.41) is 14.0. The smallest absolute Gasteiger partial charge is 0.101 e. The number of rotatable bonds is 3. The van der Waals surface area contributed by atoms with E-state index >= 15 is 0 Å². The lowest BCUT2D eigenvalue weighted by Crippen LogP contribution is -2.03. The average molecular weight is 346 g/mol. The largest absolute Gasteiger partial charge is 0.380 e. The first kappa shape index (κ1) is 15.3. The summed E-state index contributed by atoms with van der Waals surface area (Å²) in [5.41, 5.74) is 1.78. The number of benzene rings is 2. The molecule has 0 fully saturated rings. The molecular formula is C14H8Cl4N2. The molecule has 2 aromatic carbocycles. The minimum absolute atomic E-state index is 0.341. The first-order valence-electron chi connectivity index (χ1n) is 5.59. The molecule has 2 nitrogen and oxygen atoms in total. The van der Waals surface area contributed by atoms with E-state index in [9.17, 15) is 0 Å². The van der Waals surface area contributed by atoms with Crippen LogP contribution in [0.2, 0.25) is 20.1 Å². The summed E-state index contributed by atoms with van der Waals surface area (Å²) in [6, 6.07) is 10.4. The van der Waals surface area contributed by atoms with Crippen LogP contribution in [0.25, 0.3) is 0 Å². The van der Waals surface area contributed by atoms with Crippen molar-refractivity contribution in [3.63, 3.8) is 0 Å². The summed E-state index contributed by atoms with van der Waals surface area (Å²) >= 11 is 24.1. The Balaban J connectivity index is 2.28. The van der Waals surface area contributed by atoms with Crippen LogP contribution in [0.15, 0.2) is 30.3 Å². The summed E-state index contributed by atoms with van der Waals surface area (Å²) in [5.74, 6) is 0. The summed E-state index contributed by atoms with van der Waals surface area (Å²) in [6.45, 7) is 0.341. The van der Waals surface area contributed by atoms with Crippen LogP contribution in [-0.2, 0) is 6.54 Å². The van der Waals surface area contributed by atoms with Gasteiger partial charge in [0.15, 0.2) is 0 Å². The highest BCUT2D eigenvalue weighted by molar-refractivity contribution is 6.44. The van der Waals surface area contributed by atoms with Crippen molar-refractivity contribution in [2.75, 3.05) is 5.32 Å². The molecule has 2 rings (SSSR count). The molecule has 0 unspecified atom stereocenters. The molecule has 20 heavy (non-hydrogen) atoms. The van der Waals surface area contributed by atoms with Crippen molar-refractivity contribution < 1.29 is 0 Å². The molecular weight excluding hydrogens is 338 g/mol. The molecule has 0 aliphatic rings. The average Bonchev–Trinajstić information content (AvgIpc) is 2.43. The number of nitriles is 1. The van der Waals surface area contributed by atoms with E-state index in [1.807, 2.05) is 0 Å². The molecule has 0 heterocycles. The van der Waals surface area contributed by atoms with E-state index < -0.39 is 0 Å². The Morgan fingerprint density at radius 3 is 2.40 bits per heavy atom. The van der Waals surface area contributed by atoms with Crippen LogP contribution in [0.5, 0.6) is 0 Å². The lowest BCUT2D eigenvalue weighted by atomic mass is 10.1. The standard InChI is InChI=1S/C14H8Cl4N2/c15-9-2-1-8(6-19)13(5-9)20-7-10-11(16)3-4-12(17)14(10)18/h1-5,20H,7H2. The van der Waals surface area contributed by atoms with Gasteiger partial charge in [-0.05, 0) is 30.3 Å². The molecule has 1 N–H and O–H groups in total. The topological polar surface area (TPSA) is 35.8 Å². The number of nitrogens with one attached hydrogen (secondary N) is 1. The first-order valence-corrected chi connectivity index (χ1v) is 7.10. The van der Waals surface area contributed by atoms with Gasteiger partial charge in [-0.15, -0.1) is 0 Å². The third-order valence-electron chi connectivity index (χ3n) is 2.70. The van der Waals surface area contributed by atoms with Crippen LogP contribution in [0.4, 0.5) is 5.69 Å². The minimum atomic E-state index is 0.341. The van der Waals surface area contributed by atoms with Crippen LogP contribution >= 0.6 is 46.4 Å². The molecule has 0 saturated carbocycles. The molecule has 0 bridgehead atoms. The maximum absolute atomic E-state index is 9.05. The quantitative estimate of drug-likeness (QED) is 0.715. The van der Waals surface area contributed by atoms with Crippen molar-refractivity contribution in [2.24, 2.45) is 0 Å². The lowest BCUT2D eigenvalue weighted by molar-refractivity contribution is 1.15. The summed E-state index contributed by atoms with van der Waals surface area (Å²) in [4.78, 5) is 0. The zero-order valence-corrected chi connectivity index (χ0v) is 13.1. The van der Waals surface area contributed by atoms with Gasteiger partial charge in [0.2, 0.25) is 0 Å². The molecule has 0 amide bonds. The van der Waals surface area contributed by atoms with Gasteiger partial charge in [0.1, 0.15) is 6.07 Å². The lowest BCUT2D eigenvalue weighted by Gasteiger charge is -2.12. The van der Waals surface area contributed by atoms with E-state index in [-0.39, 0.29) is 0 Å². The van der Waals surface area contributed by atoms with Gasteiger partial charge in [0, 0.05) is 22.2 Å². The second kappa shape index (κ2) is 6.56. The zero-order chi connectivity index (χ0) is 14.7. The Kier molecular flexibility index (Phi) is 5.01. The van der Waals surface area contributed by atoms with Gasteiger partial charge < -0.3 is 5.32 Å². The summed E-state index contributed by atoms with van der Waals surface area (Å²) in [7, 11) is 0. The molecule has 0 spiro atoms. The fourth-order valence-corrected chi connectivity index (χ4v) is 2.53. The van der Waals surface area contributed by atoms with Crippen LogP contribution in [0, 0.1) is 11.3 Å². The fraction of sp³-hybridized carbons (Fsp3) is 0.0714. The van der Waals surface area contributed by atoms with Crippen molar-refractivity contribution in [1.82, 2.24) is 0 Å². The summed E-state index contributed by atoms with van der Waals surface area (Å²) < 4.78 is 0. The van der Waals surface area contributed by atoms with Crippen LogP contribution in [-0.4, -0.2) is 0 Å². The number of hydrogen-bond acceptors (Lipinski definition) is 2. The van der Waals surface area contributed by atoms with Gasteiger partial charge in [-0.25, -0.2) is 0 Å². The predicted octanol–water partition coefficient (Wildman–Crippen LogP) is 5.78. The number of hydrogen-bond donors (Lipinski definition) is 1. The first-order chi connectivity index (χ1) is 9.52. The van der Waals surface area contributed by atoms with E-state index in [1.165, 1.54) is 0 Å². The molecule has 0 radical (unpaired) electrons. The Labute approximate surface area is 136 Å². The molecule has 0 aliphatic heterocycles. The Morgan fingerprint density at radius 2 is 1.70 bits per heavy atom. The van der Waals surface area contributed by atoms with Gasteiger partial charge in [0.05, 0.1) is 21.3 Å². The van der Waals surface area contributed by atoms with Crippen molar-refractivity contribution in [3.05, 3.63) is 61.5 Å². The summed E-state index contributed by atoms with van der Waals surface area (Å²) in [6.07, 6.45) is 0. The second-order valence-electron chi connectivity index (χ2n) is 3.98. The normalized spacial score (nSPS) is 10.2. The van der Waals surface area contributed by atoms with Crippen LogP contribution < -0.4 is 5.32 Å². The molecule has 0 atom stereocenters. The molecule has 6 heteroatoms. The maximum atomic E-state index is 9.05. The van der Waals surface area contributed by atoms with Crippen molar-refractivity contribution in [1.29, 1.82) is 5.26 Å². The number of nitrogens with zero attached hydrogens (tertiary/aromatic N) is 1. The van der Waals surface area contributed by atoms with Crippen LogP contribution in [0.3, 0.4) is 0 Å². The Morgan fingerprint density at radius 1 is 1.00 bits per heavy atom. The van der Waals surface area contributed by atoms with Gasteiger partial charge >= 0.3 is 0 Å². The molecule has 0 aliphatic carbocycles. The van der Waals surface area contributed by atoms with E-state index in [2.05, 4.69) is 11.4 Å². The Bertz CT molecular complexity index is 692. The van der Waals surface area contributed by atoms with E-state index in [1.54, 1.807) is 30.3 Å². The van der Waals surface area contributed by atoms with Crippen molar-refractivity contribution in [2.45, 2.75) is 6.54 Å². The Hall–Kier alpha value is -1.11. The number of anilines is 1. The molecule has 0 saturated heterocycles. The predicted molar refractivity (Wildman–Crippen MR) is 85.0 cm³/mol. The second-order valence-corrected chi connectivity index (χ2v) is 5.61. The molecule has 102 valence electrons. The zero-order valence-electron chi connectivity index (χ0n) is 10.1. The highest BCUT2D eigenvalue weighted by Crippen LogP contribution is 2.32. The van der Waals surface area contributed by atoms with E-state index in [0.717, 1.165) is 0 Å².